The fourth-order valence-corrected chi connectivity index (χ4v) is 1.38. The monoisotopic (exact) mass is 242 g/mol. The number of aromatic nitrogens is 2. The van der Waals surface area contributed by atoms with Gasteiger partial charge < -0.3 is 10.8 Å². The summed E-state index contributed by atoms with van der Waals surface area (Å²) in [4.78, 5) is 30.1. The van der Waals surface area contributed by atoms with Crippen LogP contribution in [0.25, 0.3) is 0 Å². The molecule has 1 radical (unpaired) electrons. The maximum Gasteiger partial charge on any atom is 0.235 e. The Labute approximate surface area is 102 Å². The van der Waals surface area contributed by atoms with E-state index in [1.807, 2.05) is 0 Å². The van der Waals surface area contributed by atoms with Crippen LogP contribution in [0.4, 0.5) is 5.82 Å². The molecule has 2 aromatic rings. The number of hydrogen-bond acceptors (Lipinski definition) is 6. The number of carbonyl (C=O) groups is 1. The van der Waals surface area contributed by atoms with Gasteiger partial charge in [-0.3, -0.25) is 9.59 Å². The zero-order valence-corrected chi connectivity index (χ0v) is 9.12. The van der Waals surface area contributed by atoms with Crippen LogP contribution < -0.4 is 5.73 Å². The summed E-state index contributed by atoms with van der Waals surface area (Å²) in [6.07, 6.45) is 2.87. The first-order chi connectivity index (χ1) is 8.61. The fraction of sp³-hybridized carbons (Fsp3) is 0. The van der Waals surface area contributed by atoms with Crippen molar-refractivity contribution in [2.24, 2.45) is 0 Å². The van der Waals surface area contributed by atoms with Gasteiger partial charge in [0.1, 0.15) is 11.5 Å². The van der Waals surface area contributed by atoms with Gasteiger partial charge in [0, 0.05) is 17.8 Å². The number of hydrogen-bond donors (Lipinski definition) is 2. The van der Waals surface area contributed by atoms with Gasteiger partial charge >= 0.3 is 0 Å². The molecule has 2 heterocycles. The molecule has 89 valence electrons. The zero-order valence-electron chi connectivity index (χ0n) is 9.12. The molecule has 0 unspecified atom stereocenters. The van der Waals surface area contributed by atoms with Crippen molar-refractivity contribution in [2.75, 3.05) is 5.73 Å². The first-order valence-electron chi connectivity index (χ1n) is 4.96. The molecule has 6 nitrogen and oxygen atoms in total. The Balaban J connectivity index is 2.48. The van der Waals surface area contributed by atoms with Crippen molar-refractivity contribution in [1.29, 1.82) is 0 Å². The van der Waals surface area contributed by atoms with E-state index in [2.05, 4.69) is 9.97 Å². The molecule has 0 saturated heterocycles. The van der Waals surface area contributed by atoms with Crippen molar-refractivity contribution in [3.8, 4) is 5.88 Å². The van der Waals surface area contributed by atoms with E-state index in [1.54, 1.807) is 6.29 Å². The quantitative estimate of drug-likeness (QED) is 0.757. The molecule has 0 spiro atoms. The number of pyridine rings is 2. The normalized spacial score (nSPS) is 10.0. The highest BCUT2D eigenvalue weighted by atomic mass is 16.3. The lowest BCUT2D eigenvalue weighted by molar-refractivity contribution is 0.103. The third kappa shape index (κ3) is 2.17. The molecule has 2 aromatic heterocycles. The Kier molecular flexibility index (Phi) is 3.01. The van der Waals surface area contributed by atoms with Crippen molar-refractivity contribution in [3.05, 3.63) is 47.3 Å². The van der Waals surface area contributed by atoms with Gasteiger partial charge in [0.05, 0.1) is 5.56 Å². The summed E-state index contributed by atoms with van der Waals surface area (Å²) in [6.45, 7) is 0. The van der Waals surface area contributed by atoms with Crippen molar-refractivity contribution in [3.63, 3.8) is 0 Å². The number of anilines is 1. The lowest BCUT2D eigenvalue weighted by Crippen LogP contribution is -2.08. The smallest absolute Gasteiger partial charge is 0.235 e. The second kappa shape index (κ2) is 4.62. The molecule has 0 aliphatic heterocycles. The first-order valence-corrected chi connectivity index (χ1v) is 4.96. The van der Waals surface area contributed by atoms with Crippen LogP contribution in [0.15, 0.2) is 30.5 Å². The van der Waals surface area contributed by atoms with E-state index >= 15 is 0 Å². The Hall–Kier alpha value is -2.76. The van der Waals surface area contributed by atoms with Gasteiger partial charge in [-0.15, -0.1) is 0 Å². The van der Waals surface area contributed by atoms with Crippen LogP contribution in [0, 0.1) is 0 Å². The minimum Gasteiger partial charge on any atom is -0.493 e. The van der Waals surface area contributed by atoms with Crippen molar-refractivity contribution in [1.82, 2.24) is 9.97 Å². The van der Waals surface area contributed by atoms with Crippen LogP contribution in [-0.4, -0.2) is 27.1 Å². The molecule has 0 aliphatic carbocycles. The van der Waals surface area contributed by atoms with Gasteiger partial charge in [0.15, 0.2) is 0 Å². The van der Waals surface area contributed by atoms with Crippen molar-refractivity contribution in [2.45, 2.75) is 0 Å². The fourth-order valence-electron chi connectivity index (χ4n) is 1.38. The summed E-state index contributed by atoms with van der Waals surface area (Å²) >= 11 is 0. The SMILES string of the molecule is Nc1ccc(C(=O)c2nc(O)ccc2[C]=O)cn1. The Morgan fingerprint density at radius 1 is 1.28 bits per heavy atom. The molecule has 18 heavy (non-hydrogen) atoms. The molecule has 3 N–H and O–H groups in total. The van der Waals surface area contributed by atoms with Crippen LogP contribution in [0.5, 0.6) is 5.88 Å². The van der Waals surface area contributed by atoms with E-state index < -0.39 is 5.78 Å². The van der Waals surface area contributed by atoms with Crippen LogP contribution in [-0.2, 0) is 4.79 Å². The molecule has 0 fully saturated rings. The largest absolute Gasteiger partial charge is 0.493 e. The van der Waals surface area contributed by atoms with E-state index in [-0.39, 0.29) is 28.5 Å². The van der Waals surface area contributed by atoms with Gasteiger partial charge in [-0.25, -0.2) is 9.97 Å². The Morgan fingerprint density at radius 3 is 2.67 bits per heavy atom. The second-order valence-electron chi connectivity index (χ2n) is 3.47. The molecule has 0 saturated carbocycles. The number of aromatic hydroxyl groups is 1. The maximum absolute atomic E-state index is 12.1. The molecule has 0 amide bonds. The summed E-state index contributed by atoms with van der Waals surface area (Å²) in [7, 11) is 0. The van der Waals surface area contributed by atoms with E-state index in [4.69, 9.17) is 5.73 Å². The topological polar surface area (TPSA) is 106 Å². The third-order valence-electron chi connectivity index (χ3n) is 2.25. The predicted molar refractivity (Wildman–Crippen MR) is 62.8 cm³/mol. The highest BCUT2D eigenvalue weighted by Gasteiger charge is 2.16. The number of rotatable bonds is 3. The minimum atomic E-state index is -0.531. The average Bonchev–Trinajstić information content (AvgIpc) is 2.39. The predicted octanol–water partition coefficient (Wildman–Crippen LogP) is 0.453. The van der Waals surface area contributed by atoms with Gasteiger partial charge in [-0.1, -0.05) is 0 Å². The maximum atomic E-state index is 12.1. The molecule has 0 aromatic carbocycles. The molecular formula is C12H8N3O3. The molecule has 6 heteroatoms. The zero-order chi connectivity index (χ0) is 13.1. The van der Waals surface area contributed by atoms with Crippen LogP contribution in [0.1, 0.15) is 21.6 Å². The second-order valence-corrected chi connectivity index (χ2v) is 3.47. The lowest BCUT2D eigenvalue weighted by atomic mass is 10.1. The minimum absolute atomic E-state index is 0.0189. The number of nitrogens with zero attached hydrogens (tertiary/aromatic N) is 2. The Bertz CT molecular complexity index is 608. The standard InChI is InChI=1S/C12H8N3O3/c13-9-3-1-7(5-14-9)12(18)11-8(6-16)2-4-10(17)15-11/h1-5H,(H2,13,14)(H,15,17). The lowest BCUT2D eigenvalue weighted by Gasteiger charge is -2.03. The summed E-state index contributed by atoms with van der Waals surface area (Å²) in [5.74, 6) is -0.602. The molecular weight excluding hydrogens is 234 g/mol. The third-order valence-corrected chi connectivity index (χ3v) is 2.25. The molecule has 0 atom stereocenters. The summed E-state index contributed by atoms with van der Waals surface area (Å²) in [5, 5.41) is 9.24. The van der Waals surface area contributed by atoms with Crippen molar-refractivity contribution >= 4 is 17.9 Å². The van der Waals surface area contributed by atoms with Crippen LogP contribution in [0.2, 0.25) is 0 Å². The van der Waals surface area contributed by atoms with E-state index in [0.717, 1.165) is 0 Å². The highest BCUT2D eigenvalue weighted by Crippen LogP contribution is 2.15. The van der Waals surface area contributed by atoms with Crippen molar-refractivity contribution < 1.29 is 14.7 Å². The first kappa shape index (κ1) is 11.7. The highest BCUT2D eigenvalue weighted by molar-refractivity contribution is 6.11. The summed E-state index contributed by atoms with van der Waals surface area (Å²) in [6, 6.07) is 5.40. The van der Waals surface area contributed by atoms with Crippen LogP contribution >= 0.6 is 0 Å². The number of ketones is 1. The van der Waals surface area contributed by atoms with E-state index in [1.165, 1.54) is 30.5 Å². The molecule has 0 aliphatic rings. The molecule has 2 rings (SSSR count). The van der Waals surface area contributed by atoms with Crippen LogP contribution in [0.3, 0.4) is 0 Å². The van der Waals surface area contributed by atoms with E-state index in [0.29, 0.717) is 0 Å². The molecule has 0 bridgehead atoms. The summed E-state index contributed by atoms with van der Waals surface area (Å²) < 4.78 is 0. The Morgan fingerprint density at radius 2 is 2.06 bits per heavy atom. The number of carbonyl (C=O) groups excluding carboxylic acids is 2. The van der Waals surface area contributed by atoms with Gasteiger partial charge in [-0.05, 0) is 18.2 Å². The van der Waals surface area contributed by atoms with Gasteiger partial charge in [0.2, 0.25) is 17.9 Å². The average molecular weight is 242 g/mol. The van der Waals surface area contributed by atoms with E-state index in [9.17, 15) is 14.7 Å². The van der Waals surface area contributed by atoms with Gasteiger partial charge in [-0.2, -0.15) is 0 Å². The van der Waals surface area contributed by atoms with Gasteiger partial charge in [0.25, 0.3) is 0 Å². The number of nitrogen functional groups attached to an aromatic ring is 1. The summed E-state index contributed by atoms with van der Waals surface area (Å²) in [5.41, 5.74) is 5.44. The number of nitrogens with two attached hydrogens (primary N) is 1.